The average molecular weight is 771 g/mol. The van der Waals surface area contributed by atoms with E-state index in [1.807, 2.05) is 27.0 Å². The highest BCUT2D eigenvalue weighted by Gasteiger charge is 2.62. The number of nitriles is 1. The van der Waals surface area contributed by atoms with E-state index in [1.54, 1.807) is 12.1 Å². The van der Waals surface area contributed by atoms with Crippen LogP contribution >= 0.6 is 11.8 Å². The molecule has 4 unspecified atom stereocenters. The highest BCUT2D eigenvalue weighted by Crippen LogP contribution is 2.64. The number of methoxy groups -OCH3 is 2. The molecule has 10 rings (SSSR count). The molecule has 2 saturated heterocycles. The van der Waals surface area contributed by atoms with Gasteiger partial charge in [0.25, 0.3) is 0 Å². The first-order chi connectivity index (χ1) is 26.4. The van der Waals surface area contributed by atoms with Gasteiger partial charge in [-0.05, 0) is 68.1 Å². The Hall–Kier alpha value is -4.88. The van der Waals surface area contributed by atoms with Gasteiger partial charge in [0, 0.05) is 53.6 Å². The van der Waals surface area contributed by atoms with Crippen LogP contribution in [0.5, 0.6) is 40.2 Å². The lowest BCUT2D eigenvalue weighted by atomic mass is 9.71. The molecule has 2 fully saturated rings. The molecule has 0 saturated carbocycles. The van der Waals surface area contributed by atoms with Crippen LogP contribution in [0.2, 0.25) is 0 Å². The van der Waals surface area contributed by atoms with Gasteiger partial charge in [-0.1, -0.05) is 6.07 Å². The predicted molar refractivity (Wildman–Crippen MR) is 198 cm³/mol. The fourth-order valence-corrected chi connectivity index (χ4v) is 11.9. The van der Waals surface area contributed by atoms with Crippen molar-refractivity contribution in [3.05, 3.63) is 62.7 Å². The van der Waals surface area contributed by atoms with E-state index in [0.29, 0.717) is 70.2 Å². The number of nitrogens with one attached hydrogen (secondary N) is 1. The largest absolute Gasteiger partial charge is 0.504 e. The molecule has 7 aliphatic heterocycles. The molecular weight excluding hydrogens is 729 g/mol. The first-order valence-electron chi connectivity index (χ1n) is 18.3. The number of rotatable bonds is 3. The molecule has 3 N–H and O–H groups in total. The van der Waals surface area contributed by atoms with Crippen molar-refractivity contribution in [2.45, 2.75) is 74.6 Å². The number of carbonyl (C=O) groups is 2. The average Bonchev–Trinajstić information content (AvgIpc) is 3.65. The van der Waals surface area contributed by atoms with Crippen LogP contribution in [0.3, 0.4) is 0 Å². The minimum absolute atomic E-state index is 0.0239. The maximum atomic E-state index is 14.7. The Morgan fingerprint density at radius 2 is 1.84 bits per heavy atom. The summed E-state index contributed by atoms with van der Waals surface area (Å²) in [6, 6.07) is 5.28. The number of phenolic OH excluding ortho intramolecular Hbond substituents is 2. The van der Waals surface area contributed by atoms with Gasteiger partial charge in [0.1, 0.15) is 18.4 Å². The molecule has 7 heterocycles. The lowest BCUT2D eigenvalue weighted by molar-refractivity contribution is -0.157. The Labute approximate surface area is 322 Å². The van der Waals surface area contributed by atoms with Gasteiger partial charge in [-0.25, -0.2) is 4.79 Å². The van der Waals surface area contributed by atoms with Crippen LogP contribution in [0.1, 0.15) is 68.8 Å². The van der Waals surface area contributed by atoms with E-state index in [-0.39, 0.29) is 42.4 Å². The van der Waals surface area contributed by atoms with E-state index in [2.05, 4.69) is 21.2 Å². The number of hydrogen-bond donors (Lipinski definition) is 3. The molecular formula is C40H42N4O10S. The van der Waals surface area contributed by atoms with Gasteiger partial charge in [-0.3, -0.25) is 19.9 Å². The molecule has 7 atom stereocenters. The van der Waals surface area contributed by atoms with Crippen molar-refractivity contribution in [2.24, 2.45) is 0 Å². The van der Waals surface area contributed by atoms with Crippen LogP contribution in [0.4, 0.5) is 0 Å². The van der Waals surface area contributed by atoms with Crippen LogP contribution in [0.25, 0.3) is 0 Å². The number of esters is 2. The number of nitrogens with zero attached hydrogens (tertiary/aromatic N) is 3. The summed E-state index contributed by atoms with van der Waals surface area (Å²) in [5, 5.41) is 36.9. The number of piperazine rings is 1. The lowest BCUT2D eigenvalue weighted by Gasteiger charge is -2.62. The number of hydrogen-bond acceptors (Lipinski definition) is 15. The number of fused-ring (bicyclic) bond motifs is 9. The fraction of sp³-hybridized carbons (Fsp3) is 0.475. The summed E-state index contributed by atoms with van der Waals surface area (Å²) in [6.45, 7) is 5.28. The quantitative estimate of drug-likeness (QED) is 0.258. The van der Waals surface area contributed by atoms with Gasteiger partial charge in [0.2, 0.25) is 6.79 Å². The molecule has 0 radical (unpaired) electrons. The summed E-state index contributed by atoms with van der Waals surface area (Å²) in [4.78, 5) is 32.0. The minimum Gasteiger partial charge on any atom is -0.504 e. The SMILES string of the molecule is COc1cc2c(cc1O)CCN[C@]21CSC2c3c(OC(C)=O)c(C)c4c(c3C(COC1=O)N1[C@@H]2C2c3c(cc(C)c(OC)c3O)CC([C@@H]1C#N)N2C)OCO4. The normalized spacial score (nSPS) is 28.9. The summed E-state index contributed by atoms with van der Waals surface area (Å²) in [6.07, 6.45) is 1.05. The van der Waals surface area contributed by atoms with Gasteiger partial charge in [-0.2, -0.15) is 5.26 Å². The van der Waals surface area contributed by atoms with E-state index >= 15 is 0 Å². The summed E-state index contributed by atoms with van der Waals surface area (Å²) >= 11 is 1.48. The highest BCUT2D eigenvalue weighted by atomic mass is 32.2. The zero-order chi connectivity index (χ0) is 38.7. The number of thioether (sulfide) groups is 1. The van der Waals surface area contributed by atoms with Crippen LogP contribution in [-0.2, 0) is 32.7 Å². The van der Waals surface area contributed by atoms with Gasteiger partial charge < -0.3 is 38.6 Å². The zero-order valence-electron chi connectivity index (χ0n) is 31.3. The van der Waals surface area contributed by atoms with Crippen molar-refractivity contribution in [1.82, 2.24) is 15.1 Å². The highest BCUT2D eigenvalue weighted by molar-refractivity contribution is 7.99. The third-order valence-electron chi connectivity index (χ3n) is 12.4. The second kappa shape index (κ2) is 12.8. The van der Waals surface area contributed by atoms with Crippen molar-refractivity contribution in [2.75, 3.05) is 47.0 Å². The van der Waals surface area contributed by atoms with Crippen molar-refractivity contribution >= 4 is 23.7 Å². The molecule has 14 nitrogen and oxygen atoms in total. The second-order valence-corrected chi connectivity index (χ2v) is 16.2. The van der Waals surface area contributed by atoms with Crippen LogP contribution in [0.15, 0.2) is 18.2 Å². The van der Waals surface area contributed by atoms with Crippen LogP contribution < -0.4 is 29.0 Å². The minimum atomic E-state index is -1.36. The smallest absolute Gasteiger partial charge is 0.331 e. The number of ether oxygens (including phenoxy) is 6. The van der Waals surface area contributed by atoms with Crippen LogP contribution in [0, 0.1) is 25.2 Å². The Bertz CT molecular complexity index is 2220. The van der Waals surface area contributed by atoms with E-state index in [4.69, 9.17) is 28.4 Å². The number of benzene rings is 3. The Morgan fingerprint density at radius 1 is 1.05 bits per heavy atom. The van der Waals surface area contributed by atoms with Crippen molar-refractivity contribution in [3.8, 4) is 46.3 Å². The van der Waals surface area contributed by atoms with Gasteiger partial charge in [0.05, 0.1) is 37.6 Å². The molecule has 0 aliphatic carbocycles. The van der Waals surface area contributed by atoms with E-state index in [1.165, 1.54) is 32.9 Å². The van der Waals surface area contributed by atoms with Gasteiger partial charge >= 0.3 is 11.9 Å². The number of carbonyl (C=O) groups excluding carboxylic acids is 2. The molecule has 0 aromatic heterocycles. The third-order valence-corrected chi connectivity index (χ3v) is 13.9. The Kier molecular flexibility index (Phi) is 8.36. The maximum absolute atomic E-state index is 14.7. The number of aryl methyl sites for hydroxylation is 1. The Morgan fingerprint density at radius 3 is 2.56 bits per heavy atom. The van der Waals surface area contributed by atoms with E-state index in [9.17, 15) is 25.1 Å². The number of phenols is 2. The molecule has 4 bridgehead atoms. The first-order valence-corrected chi connectivity index (χ1v) is 19.4. The van der Waals surface area contributed by atoms with E-state index < -0.39 is 46.9 Å². The summed E-state index contributed by atoms with van der Waals surface area (Å²) < 4.78 is 36.1. The van der Waals surface area contributed by atoms with E-state index in [0.717, 1.165) is 16.7 Å². The summed E-state index contributed by atoms with van der Waals surface area (Å²) in [5.41, 5.74) is 4.41. The van der Waals surface area contributed by atoms with Gasteiger partial charge in [0.15, 0.2) is 40.0 Å². The molecule has 15 heteroatoms. The molecule has 3 aromatic carbocycles. The zero-order valence-corrected chi connectivity index (χ0v) is 32.2. The number of likely N-dealkylation sites (N-methyl/N-ethyl adjacent to an activating group) is 1. The molecule has 3 aromatic rings. The van der Waals surface area contributed by atoms with Crippen molar-refractivity contribution < 1.29 is 48.2 Å². The monoisotopic (exact) mass is 770 g/mol. The van der Waals surface area contributed by atoms with Crippen LogP contribution in [-0.4, -0.2) is 97.0 Å². The van der Waals surface area contributed by atoms with Gasteiger partial charge in [-0.15, -0.1) is 11.8 Å². The molecule has 288 valence electrons. The first kappa shape index (κ1) is 35.8. The fourth-order valence-electron chi connectivity index (χ4n) is 10.2. The second-order valence-electron chi connectivity index (χ2n) is 15.1. The standard InChI is InChI=1S/C40H42N4O10S/c1-17-9-21-10-23-24(13-41)44-25-14-51-39(48)40(22-12-27(49-5)26(46)11-20(22)7-8-42-40)15-55-38(32(44)31(43(23)4)28(21)33(47)34(17)50-6)30-29(25)37-36(52-16-53-37)18(2)35(30)54-19(3)45/h9,11-12,23-25,31-32,38,42,46-47H,7-8,10,14-16H2,1-6H3/t23?,24-,25?,31?,32+,38?,40+/m0/s1. The molecule has 1 spiro atoms. The third kappa shape index (κ3) is 4.90. The number of aromatic hydroxyl groups is 2. The van der Waals surface area contributed by atoms with Crippen molar-refractivity contribution in [3.63, 3.8) is 0 Å². The summed E-state index contributed by atoms with van der Waals surface area (Å²) in [7, 11) is 4.99. The molecule has 7 aliphatic rings. The Balaban J connectivity index is 1.33. The van der Waals surface area contributed by atoms with Crippen molar-refractivity contribution in [1.29, 1.82) is 5.26 Å². The summed E-state index contributed by atoms with van der Waals surface area (Å²) in [5.74, 6) is 0.973. The maximum Gasteiger partial charge on any atom is 0.331 e. The topological polar surface area (TPSA) is 172 Å². The predicted octanol–water partition coefficient (Wildman–Crippen LogP) is 3.99. The molecule has 55 heavy (non-hydrogen) atoms. The molecule has 0 amide bonds. The lowest BCUT2D eigenvalue weighted by Crippen LogP contribution is -2.69.